The Labute approximate surface area is 201 Å². The molecule has 1 amide bonds. The molecule has 5 aromatic rings. The van der Waals surface area contributed by atoms with Crippen LogP contribution in [0.15, 0.2) is 76.4 Å². The van der Waals surface area contributed by atoms with E-state index in [9.17, 15) is 23.2 Å². The first-order valence-electron chi connectivity index (χ1n) is 10.8. The van der Waals surface area contributed by atoms with Crippen molar-refractivity contribution in [2.45, 2.75) is 20.0 Å². The monoisotopic (exact) mass is 491 g/mol. The Kier molecular flexibility index (Phi) is 5.78. The van der Waals surface area contributed by atoms with Gasteiger partial charge in [-0.2, -0.15) is 0 Å². The van der Waals surface area contributed by atoms with Crippen LogP contribution in [-0.4, -0.2) is 14.9 Å². The number of carbonyl (C=O) groups is 1. The molecular formula is C26H19F2N3O3S. The Morgan fingerprint density at radius 1 is 0.914 bits per heavy atom. The molecule has 35 heavy (non-hydrogen) atoms. The third kappa shape index (κ3) is 4.38. The molecule has 2 aromatic heterocycles. The van der Waals surface area contributed by atoms with Gasteiger partial charge in [-0.15, -0.1) is 11.3 Å². The maximum Gasteiger partial charge on any atom is 0.336 e. The highest BCUT2D eigenvalue weighted by Gasteiger charge is 2.18. The molecule has 0 bridgehead atoms. The first-order chi connectivity index (χ1) is 16.8. The van der Waals surface area contributed by atoms with Crippen LogP contribution in [0.25, 0.3) is 15.6 Å². The largest absolute Gasteiger partial charge is 0.347 e. The lowest BCUT2D eigenvalue weighted by atomic mass is 10.1. The average molecular weight is 492 g/mol. The number of fused-ring (bicyclic) bond motifs is 2. The van der Waals surface area contributed by atoms with Crippen LogP contribution in [0.5, 0.6) is 0 Å². The minimum Gasteiger partial charge on any atom is -0.347 e. The smallest absolute Gasteiger partial charge is 0.336 e. The van der Waals surface area contributed by atoms with Crippen LogP contribution >= 0.6 is 11.3 Å². The normalized spacial score (nSPS) is 11.3. The van der Waals surface area contributed by atoms with E-state index in [1.807, 2.05) is 6.07 Å². The number of carbonyl (C=O) groups excluding carboxylic acids is 1. The fourth-order valence-electron chi connectivity index (χ4n) is 3.93. The van der Waals surface area contributed by atoms with Gasteiger partial charge in [0.05, 0.1) is 6.54 Å². The Bertz CT molecular complexity index is 1720. The molecule has 0 spiro atoms. The van der Waals surface area contributed by atoms with Crippen molar-refractivity contribution >= 4 is 32.8 Å². The van der Waals surface area contributed by atoms with Gasteiger partial charge in [-0.1, -0.05) is 30.3 Å². The lowest BCUT2D eigenvalue weighted by Crippen LogP contribution is -2.38. The lowest BCUT2D eigenvalue weighted by Gasteiger charge is -2.09. The first kappa shape index (κ1) is 22.7. The van der Waals surface area contributed by atoms with E-state index in [4.69, 9.17) is 0 Å². The summed E-state index contributed by atoms with van der Waals surface area (Å²) in [6, 6.07) is 15.5. The number of aryl methyl sites for hydroxylation is 1. The fourth-order valence-corrected chi connectivity index (χ4v) is 4.93. The topological polar surface area (TPSA) is 72.6 Å². The Balaban J connectivity index is 1.46. The first-order valence-corrected chi connectivity index (χ1v) is 11.6. The van der Waals surface area contributed by atoms with Gasteiger partial charge in [-0.25, -0.2) is 13.6 Å². The van der Waals surface area contributed by atoms with Crippen LogP contribution < -0.4 is 16.6 Å². The minimum atomic E-state index is -0.552. The van der Waals surface area contributed by atoms with Crippen molar-refractivity contribution in [1.29, 1.82) is 0 Å². The number of rotatable bonds is 5. The zero-order valence-electron chi connectivity index (χ0n) is 18.5. The van der Waals surface area contributed by atoms with Crippen molar-refractivity contribution < 1.29 is 13.6 Å². The molecule has 0 aliphatic heterocycles. The fraction of sp³-hybridized carbons (Fsp3) is 0.115. The number of amides is 1. The van der Waals surface area contributed by atoms with E-state index in [-0.39, 0.29) is 29.6 Å². The summed E-state index contributed by atoms with van der Waals surface area (Å²) in [5.74, 6) is -1.10. The highest BCUT2D eigenvalue weighted by atomic mass is 32.1. The zero-order chi connectivity index (χ0) is 24.7. The Hall–Kier alpha value is -4.11. The van der Waals surface area contributed by atoms with Crippen LogP contribution in [0, 0.1) is 18.6 Å². The maximum absolute atomic E-state index is 13.5. The number of hydrogen-bond donors (Lipinski definition) is 1. The molecule has 3 aromatic carbocycles. The van der Waals surface area contributed by atoms with Gasteiger partial charge < -0.3 is 5.32 Å². The van der Waals surface area contributed by atoms with Crippen LogP contribution in [0.2, 0.25) is 0 Å². The maximum atomic E-state index is 13.5. The quantitative estimate of drug-likeness (QED) is 0.400. The molecule has 1 N–H and O–H groups in total. The van der Waals surface area contributed by atoms with Crippen LogP contribution in [0.4, 0.5) is 8.78 Å². The van der Waals surface area contributed by atoms with E-state index in [1.54, 1.807) is 37.3 Å². The molecule has 0 radical (unpaired) electrons. The number of benzene rings is 3. The van der Waals surface area contributed by atoms with Gasteiger partial charge in [0.1, 0.15) is 21.3 Å². The van der Waals surface area contributed by atoms with Crippen molar-refractivity contribution in [2.75, 3.05) is 0 Å². The van der Waals surface area contributed by atoms with Crippen molar-refractivity contribution in [1.82, 2.24) is 14.3 Å². The Morgan fingerprint density at radius 2 is 1.57 bits per heavy atom. The molecule has 0 saturated carbocycles. The molecule has 0 unspecified atom stereocenters. The highest BCUT2D eigenvalue weighted by Crippen LogP contribution is 2.20. The minimum absolute atomic E-state index is 0.0384. The van der Waals surface area contributed by atoms with E-state index < -0.39 is 17.2 Å². The predicted octanol–water partition coefficient (Wildman–Crippen LogP) is 4.24. The van der Waals surface area contributed by atoms with Gasteiger partial charge in [0.25, 0.3) is 11.5 Å². The molecular weight excluding hydrogens is 472 g/mol. The van der Waals surface area contributed by atoms with Gasteiger partial charge >= 0.3 is 5.69 Å². The summed E-state index contributed by atoms with van der Waals surface area (Å²) >= 11 is 1.06. The summed E-state index contributed by atoms with van der Waals surface area (Å²) in [6.07, 6.45) is 1.43. The van der Waals surface area contributed by atoms with Crippen LogP contribution in [0.3, 0.4) is 0 Å². The van der Waals surface area contributed by atoms with Gasteiger partial charge in [-0.05, 0) is 59.2 Å². The van der Waals surface area contributed by atoms with Crippen LogP contribution in [-0.2, 0) is 13.1 Å². The molecule has 0 atom stereocenters. The van der Waals surface area contributed by atoms with Gasteiger partial charge in [0.2, 0.25) is 0 Å². The summed E-state index contributed by atoms with van der Waals surface area (Å²) in [6.45, 7) is 1.85. The summed E-state index contributed by atoms with van der Waals surface area (Å²) in [7, 11) is 0. The van der Waals surface area contributed by atoms with E-state index in [0.717, 1.165) is 37.8 Å². The SMILES string of the molecule is Cc1c(=O)n(Cc2ccc3cc(F)ccc3c2)c(=O)n2cc(C(=O)NCc3ccc(F)cc3)sc12. The molecule has 0 saturated heterocycles. The second-order valence-electron chi connectivity index (χ2n) is 8.20. The molecule has 176 valence electrons. The number of nitrogens with zero attached hydrogens (tertiary/aromatic N) is 2. The molecule has 0 aliphatic rings. The van der Waals surface area contributed by atoms with Gasteiger partial charge in [-0.3, -0.25) is 18.6 Å². The van der Waals surface area contributed by atoms with Gasteiger partial charge in [0, 0.05) is 18.3 Å². The van der Waals surface area contributed by atoms with E-state index in [0.29, 0.717) is 10.4 Å². The molecule has 6 nitrogen and oxygen atoms in total. The summed E-state index contributed by atoms with van der Waals surface area (Å²) in [4.78, 5) is 39.5. The van der Waals surface area contributed by atoms with Crippen molar-refractivity contribution in [3.05, 3.63) is 121 Å². The number of halogens is 2. The van der Waals surface area contributed by atoms with E-state index in [1.165, 1.54) is 34.9 Å². The van der Waals surface area contributed by atoms with Crippen molar-refractivity contribution in [3.8, 4) is 0 Å². The standard InChI is InChI=1S/C26H19F2N3O3S/c1-15-24(33)30(13-17-2-5-19-11-21(28)9-6-18(19)10-17)26(34)31-14-22(35-25(15)31)23(32)29-12-16-3-7-20(27)8-4-16/h2-11,14H,12-13H2,1H3,(H,29,32). The molecule has 0 fully saturated rings. The number of nitrogens with one attached hydrogen (secondary N) is 1. The average Bonchev–Trinajstić information content (AvgIpc) is 3.31. The summed E-state index contributed by atoms with van der Waals surface area (Å²) < 4.78 is 29.0. The molecule has 9 heteroatoms. The molecule has 2 heterocycles. The zero-order valence-corrected chi connectivity index (χ0v) is 19.4. The third-order valence-electron chi connectivity index (χ3n) is 5.79. The summed E-state index contributed by atoms with van der Waals surface area (Å²) in [5, 5.41) is 4.26. The van der Waals surface area contributed by atoms with E-state index >= 15 is 0 Å². The second kappa shape index (κ2) is 8.92. The van der Waals surface area contributed by atoms with Gasteiger partial charge in [0.15, 0.2) is 0 Å². The van der Waals surface area contributed by atoms with Crippen LogP contribution in [0.1, 0.15) is 26.4 Å². The second-order valence-corrected chi connectivity index (χ2v) is 9.24. The third-order valence-corrected chi connectivity index (χ3v) is 7.00. The van der Waals surface area contributed by atoms with E-state index in [2.05, 4.69) is 5.32 Å². The Morgan fingerprint density at radius 3 is 2.34 bits per heavy atom. The lowest BCUT2D eigenvalue weighted by molar-refractivity contribution is 0.0954. The predicted molar refractivity (Wildman–Crippen MR) is 131 cm³/mol. The molecule has 0 aliphatic carbocycles. The summed E-state index contributed by atoms with van der Waals surface area (Å²) in [5.41, 5.74) is 0.815. The molecule has 5 rings (SSSR count). The number of hydrogen-bond acceptors (Lipinski definition) is 4. The number of aromatic nitrogens is 2. The highest BCUT2D eigenvalue weighted by molar-refractivity contribution is 7.19. The van der Waals surface area contributed by atoms with Crippen molar-refractivity contribution in [2.24, 2.45) is 0 Å². The van der Waals surface area contributed by atoms with Crippen molar-refractivity contribution in [3.63, 3.8) is 0 Å². The number of thiazole rings is 1.